The normalized spacial score (nSPS) is 15.3. The Labute approximate surface area is 289 Å². The summed E-state index contributed by atoms with van der Waals surface area (Å²) in [5, 5.41) is 2.51. The van der Waals surface area contributed by atoms with Crippen LogP contribution < -0.4 is 0 Å². The van der Waals surface area contributed by atoms with Gasteiger partial charge in [0, 0.05) is 33.2 Å². The van der Waals surface area contributed by atoms with Crippen LogP contribution in [-0.2, 0) is 5.41 Å². The number of fused-ring (bicyclic) bond motifs is 13. The van der Waals surface area contributed by atoms with E-state index in [1.54, 1.807) is 0 Å². The third-order valence-electron chi connectivity index (χ3n) is 10.8. The Balaban J connectivity index is 1.29. The molecule has 2 heterocycles. The van der Waals surface area contributed by atoms with Crippen LogP contribution in [0.15, 0.2) is 176 Å². The molecule has 50 heavy (non-hydrogen) atoms. The topological polar surface area (TPSA) is 30.7 Å². The van der Waals surface area contributed by atoms with Crippen molar-refractivity contribution in [2.24, 2.45) is 0 Å². The van der Waals surface area contributed by atoms with Gasteiger partial charge in [0.2, 0.25) is 0 Å². The van der Waals surface area contributed by atoms with E-state index in [0.717, 1.165) is 39.6 Å². The third-order valence-corrected chi connectivity index (χ3v) is 10.8. The molecule has 11 rings (SSSR count). The Bertz CT molecular complexity index is 2760. The third kappa shape index (κ3) is 3.53. The van der Waals surface area contributed by atoms with Gasteiger partial charge in [0.05, 0.1) is 27.8 Å². The van der Waals surface area contributed by atoms with Gasteiger partial charge in [0.1, 0.15) is 0 Å². The average Bonchev–Trinajstić information content (AvgIpc) is 3.80. The van der Waals surface area contributed by atoms with Crippen molar-refractivity contribution in [3.63, 3.8) is 0 Å². The molecule has 9 aromatic rings. The van der Waals surface area contributed by atoms with E-state index in [4.69, 9.17) is 9.97 Å². The fourth-order valence-corrected chi connectivity index (χ4v) is 8.82. The van der Waals surface area contributed by atoms with Crippen LogP contribution in [-0.4, -0.2) is 14.5 Å². The van der Waals surface area contributed by atoms with E-state index < -0.39 is 5.41 Å². The van der Waals surface area contributed by atoms with E-state index in [0.29, 0.717) is 0 Å². The molecule has 7 aromatic carbocycles. The Morgan fingerprint density at radius 1 is 0.420 bits per heavy atom. The van der Waals surface area contributed by atoms with Gasteiger partial charge in [0.15, 0.2) is 5.82 Å². The summed E-state index contributed by atoms with van der Waals surface area (Å²) in [7, 11) is 0. The first kappa shape index (κ1) is 27.4. The van der Waals surface area contributed by atoms with Crippen LogP contribution in [0.4, 0.5) is 0 Å². The minimum absolute atomic E-state index is 0.636. The van der Waals surface area contributed by atoms with Crippen LogP contribution in [0.25, 0.3) is 72.4 Å². The van der Waals surface area contributed by atoms with Crippen molar-refractivity contribution in [2.45, 2.75) is 5.41 Å². The Morgan fingerprint density at radius 2 is 0.960 bits per heavy atom. The second-order valence-electron chi connectivity index (χ2n) is 13.3. The lowest BCUT2D eigenvalue weighted by Gasteiger charge is -2.30. The van der Waals surface area contributed by atoms with Gasteiger partial charge < -0.3 is 4.57 Å². The zero-order valence-corrected chi connectivity index (χ0v) is 27.1. The van der Waals surface area contributed by atoms with Crippen molar-refractivity contribution in [1.29, 1.82) is 0 Å². The summed E-state index contributed by atoms with van der Waals surface area (Å²) < 4.78 is 2.42. The van der Waals surface area contributed by atoms with Gasteiger partial charge >= 0.3 is 0 Å². The molecule has 3 heteroatoms. The SMILES string of the molecule is c1ccc(-c2nc(-c3ccccc3)c3c(n2)C2(c4ccccc4-c4ccc(-n5c6ccccc6c6ccccc65)cc42)c2ccccc2-3)cc1. The van der Waals surface area contributed by atoms with Gasteiger partial charge in [-0.15, -0.1) is 0 Å². The molecule has 1 spiro atoms. The Morgan fingerprint density at radius 3 is 1.66 bits per heavy atom. The molecule has 0 aliphatic heterocycles. The second-order valence-corrected chi connectivity index (χ2v) is 13.3. The van der Waals surface area contributed by atoms with Crippen LogP contribution in [0.2, 0.25) is 0 Å². The molecule has 1 unspecified atom stereocenters. The van der Waals surface area contributed by atoms with Crippen LogP contribution in [0, 0.1) is 0 Å². The van der Waals surface area contributed by atoms with Gasteiger partial charge in [-0.3, -0.25) is 0 Å². The highest BCUT2D eigenvalue weighted by molar-refractivity contribution is 6.09. The minimum Gasteiger partial charge on any atom is -0.309 e. The first-order chi connectivity index (χ1) is 24.8. The van der Waals surface area contributed by atoms with E-state index in [9.17, 15) is 0 Å². The largest absolute Gasteiger partial charge is 0.309 e. The van der Waals surface area contributed by atoms with Crippen LogP contribution in [0.1, 0.15) is 22.4 Å². The molecule has 0 N–H and O–H groups in total. The van der Waals surface area contributed by atoms with E-state index in [1.807, 2.05) is 6.07 Å². The van der Waals surface area contributed by atoms with Gasteiger partial charge in [0.25, 0.3) is 0 Å². The number of nitrogens with zero attached hydrogens (tertiary/aromatic N) is 3. The highest BCUT2D eigenvalue weighted by atomic mass is 15.0. The fraction of sp³-hybridized carbons (Fsp3) is 0.0213. The second kappa shape index (κ2) is 10.2. The smallest absolute Gasteiger partial charge is 0.160 e. The predicted molar refractivity (Wildman–Crippen MR) is 204 cm³/mol. The predicted octanol–water partition coefficient (Wildman–Crippen LogP) is 11.3. The van der Waals surface area contributed by atoms with Gasteiger partial charge in [-0.25, -0.2) is 9.97 Å². The molecule has 2 aliphatic rings. The van der Waals surface area contributed by atoms with Crippen molar-refractivity contribution in [3.8, 4) is 50.6 Å². The summed E-state index contributed by atoms with van der Waals surface area (Å²) in [5.41, 5.74) is 15.5. The Kier molecular flexibility index (Phi) is 5.59. The molecule has 232 valence electrons. The summed E-state index contributed by atoms with van der Waals surface area (Å²) in [5.74, 6) is 0.736. The molecular weight excluding hydrogens is 607 g/mol. The van der Waals surface area contributed by atoms with Crippen LogP contribution in [0.3, 0.4) is 0 Å². The first-order valence-corrected chi connectivity index (χ1v) is 17.2. The van der Waals surface area contributed by atoms with E-state index in [2.05, 4.69) is 174 Å². The molecular formula is C47H29N3. The summed E-state index contributed by atoms with van der Waals surface area (Å²) >= 11 is 0. The van der Waals surface area contributed by atoms with Crippen molar-refractivity contribution < 1.29 is 0 Å². The summed E-state index contributed by atoms with van der Waals surface area (Å²) in [6.45, 7) is 0. The van der Waals surface area contributed by atoms with Crippen LogP contribution >= 0.6 is 0 Å². The number of hydrogen-bond donors (Lipinski definition) is 0. The van der Waals surface area contributed by atoms with Crippen molar-refractivity contribution >= 4 is 21.8 Å². The van der Waals surface area contributed by atoms with E-state index in [1.165, 1.54) is 55.2 Å². The number of para-hydroxylation sites is 2. The monoisotopic (exact) mass is 635 g/mol. The maximum atomic E-state index is 5.63. The highest BCUT2D eigenvalue weighted by Crippen LogP contribution is 2.63. The van der Waals surface area contributed by atoms with Gasteiger partial charge in [-0.05, 0) is 57.6 Å². The zero-order valence-electron chi connectivity index (χ0n) is 27.1. The lowest BCUT2D eigenvalue weighted by Crippen LogP contribution is -2.27. The lowest BCUT2D eigenvalue weighted by molar-refractivity contribution is 0.757. The van der Waals surface area contributed by atoms with Crippen molar-refractivity contribution in [3.05, 3.63) is 198 Å². The molecule has 0 saturated carbocycles. The number of rotatable bonds is 3. The molecule has 2 aliphatic carbocycles. The fourth-order valence-electron chi connectivity index (χ4n) is 8.82. The molecule has 1 atom stereocenters. The molecule has 0 bridgehead atoms. The number of hydrogen-bond acceptors (Lipinski definition) is 2. The quantitative estimate of drug-likeness (QED) is 0.193. The maximum absolute atomic E-state index is 5.63. The number of aromatic nitrogens is 3. The molecule has 3 nitrogen and oxygen atoms in total. The first-order valence-electron chi connectivity index (χ1n) is 17.2. The minimum atomic E-state index is -0.636. The molecule has 0 radical (unpaired) electrons. The van der Waals surface area contributed by atoms with E-state index >= 15 is 0 Å². The van der Waals surface area contributed by atoms with Crippen LogP contribution in [0.5, 0.6) is 0 Å². The lowest BCUT2D eigenvalue weighted by atomic mass is 9.72. The van der Waals surface area contributed by atoms with Gasteiger partial charge in [-0.2, -0.15) is 0 Å². The Hall–Kier alpha value is -6.58. The molecule has 0 saturated heterocycles. The van der Waals surface area contributed by atoms with Crippen molar-refractivity contribution in [2.75, 3.05) is 0 Å². The average molecular weight is 636 g/mol. The standard InChI is InChI=1S/C47H29N3/c1-3-15-30(16-4-1)44-43-37-22-8-12-24-39(37)47(45(43)49-46(48-44)31-17-5-2-6-18-31)38-23-11-7-19-33(38)34-28-27-32(29-40(34)47)50-41-25-13-9-20-35(41)36-21-10-14-26-42(36)50/h1-29H. The molecule has 0 fully saturated rings. The van der Waals surface area contributed by atoms with Gasteiger partial charge in [-0.1, -0.05) is 152 Å². The molecule has 2 aromatic heterocycles. The summed E-state index contributed by atoms with van der Waals surface area (Å²) in [4.78, 5) is 11.0. The van der Waals surface area contributed by atoms with E-state index in [-0.39, 0.29) is 0 Å². The summed E-state index contributed by atoms with van der Waals surface area (Å²) in [6, 6.07) is 63.4. The number of benzene rings is 7. The molecule has 0 amide bonds. The van der Waals surface area contributed by atoms with Crippen molar-refractivity contribution in [1.82, 2.24) is 14.5 Å². The highest BCUT2D eigenvalue weighted by Gasteiger charge is 2.54. The maximum Gasteiger partial charge on any atom is 0.160 e. The zero-order chi connectivity index (χ0) is 32.8. The summed E-state index contributed by atoms with van der Waals surface area (Å²) in [6.07, 6.45) is 0.